The molecule has 2 aromatic carbocycles. The van der Waals surface area contributed by atoms with Crippen LogP contribution in [0.3, 0.4) is 0 Å². The number of nitrogens with zero attached hydrogens (tertiary/aromatic N) is 2. The van der Waals surface area contributed by atoms with Crippen molar-refractivity contribution in [1.29, 1.82) is 0 Å². The Balaban J connectivity index is 1.53. The first-order valence-electron chi connectivity index (χ1n) is 11.4. The largest absolute Gasteiger partial charge is 0.496 e. The number of nitrogens with one attached hydrogen (secondary N) is 1. The van der Waals surface area contributed by atoms with E-state index < -0.39 is 17.1 Å². The van der Waals surface area contributed by atoms with Crippen molar-refractivity contribution in [2.24, 2.45) is 0 Å². The number of hydrogen-bond donors (Lipinski definition) is 1. The molecule has 2 aliphatic heterocycles. The average Bonchev–Trinajstić information content (AvgIpc) is 3.46. The minimum absolute atomic E-state index is 0.225. The molecule has 2 saturated heterocycles. The summed E-state index contributed by atoms with van der Waals surface area (Å²) in [5.41, 5.74) is 4.33. The van der Waals surface area contributed by atoms with Crippen molar-refractivity contribution < 1.29 is 23.9 Å². The molecule has 2 fully saturated rings. The van der Waals surface area contributed by atoms with Gasteiger partial charge in [0.1, 0.15) is 18.0 Å². The highest BCUT2D eigenvalue weighted by Crippen LogP contribution is 2.40. The molecule has 0 spiro atoms. The summed E-state index contributed by atoms with van der Waals surface area (Å²) in [6.45, 7) is 5.47. The van der Waals surface area contributed by atoms with Gasteiger partial charge in [-0.3, -0.25) is 19.3 Å². The van der Waals surface area contributed by atoms with Crippen LogP contribution < -0.4 is 19.7 Å². The minimum atomic E-state index is -0.514. The third-order valence-electron chi connectivity index (χ3n) is 6.23. The lowest BCUT2D eigenvalue weighted by Crippen LogP contribution is -2.36. The third kappa shape index (κ3) is 5.30. The van der Waals surface area contributed by atoms with Crippen LogP contribution in [0.4, 0.5) is 16.2 Å². The standard InChI is InChI=1S/C26H29N3O5S/c1-16-7-8-19(11-17(16)2)27-24(30)15-29-25(31)23(35-26(29)32)13-18-12-22(34-4)20(14-21(18)33-3)28-9-5-6-10-28/h7-8,11-14H,5-6,9-10,15H2,1-4H3,(H,27,30)/b23-13-. The molecule has 0 aromatic heterocycles. The SMILES string of the molecule is COc1cc(N2CCCC2)c(OC)cc1/C=C1\SC(=O)N(CC(=O)Nc2ccc(C)c(C)c2)C1=O. The number of methoxy groups -OCH3 is 2. The molecule has 0 aliphatic carbocycles. The molecule has 8 nitrogen and oxygen atoms in total. The Labute approximate surface area is 209 Å². The molecule has 0 radical (unpaired) electrons. The molecule has 3 amide bonds. The highest BCUT2D eigenvalue weighted by molar-refractivity contribution is 8.18. The topological polar surface area (TPSA) is 88.2 Å². The summed E-state index contributed by atoms with van der Waals surface area (Å²) < 4.78 is 11.2. The van der Waals surface area contributed by atoms with E-state index in [4.69, 9.17) is 9.47 Å². The lowest BCUT2D eigenvalue weighted by atomic mass is 10.1. The molecular formula is C26H29N3O5S. The van der Waals surface area contributed by atoms with Crippen molar-refractivity contribution in [3.63, 3.8) is 0 Å². The van der Waals surface area contributed by atoms with Gasteiger partial charge in [-0.25, -0.2) is 0 Å². The van der Waals surface area contributed by atoms with Crippen molar-refractivity contribution in [2.75, 3.05) is 44.1 Å². The third-order valence-corrected chi connectivity index (χ3v) is 7.14. The zero-order valence-electron chi connectivity index (χ0n) is 20.3. The van der Waals surface area contributed by atoms with Crippen LogP contribution in [-0.4, -0.2) is 55.8 Å². The molecule has 35 heavy (non-hydrogen) atoms. The Morgan fingerprint density at radius 2 is 1.74 bits per heavy atom. The maximum absolute atomic E-state index is 13.0. The number of amides is 3. The van der Waals surface area contributed by atoms with E-state index in [2.05, 4.69) is 10.2 Å². The summed E-state index contributed by atoms with van der Waals surface area (Å²) in [5, 5.41) is 2.26. The van der Waals surface area contributed by atoms with Crippen LogP contribution in [-0.2, 0) is 9.59 Å². The molecule has 2 aromatic rings. The lowest BCUT2D eigenvalue weighted by molar-refractivity contribution is -0.127. The molecule has 0 atom stereocenters. The van der Waals surface area contributed by atoms with Crippen LogP contribution in [0.5, 0.6) is 11.5 Å². The Morgan fingerprint density at radius 1 is 1.03 bits per heavy atom. The highest BCUT2D eigenvalue weighted by Gasteiger charge is 2.36. The van der Waals surface area contributed by atoms with E-state index in [9.17, 15) is 14.4 Å². The molecule has 0 unspecified atom stereocenters. The van der Waals surface area contributed by atoms with E-state index in [1.54, 1.807) is 26.4 Å². The number of imide groups is 1. The number of aryl methyl sites for hydroxylation is 2. The molecule has 2 heterocycles. The maximum Gasteiger partial charge on any atom is 0.294 e. The zero-order valence-corrected chi connectivity index (χ0v) is 21.2. The molecule has 184 valence electrons. The quantitative estimate of drug-likeness (QED) is 0.562. The van der Waals surface area contributed by atoms with Gasteiger partial charge in [0.2, 0.25) is 5.91 Å². The van der Waals surface area contributed by atoms with E-state index >= 15 is 0 Å². The smallest absolute Gasteiger partial charge is 0.294 e. The Morgan fingerprint density at radius 3 is 2.40 bits per heavy atom. The summed E-state index contributed by atoms with van der Waals surface area (Å²) in [5.74, 6) is 0.295. The number of benzene rings is 2. The zero-order chi connectivity index (χ0) is 25.1. The molecule has 4 rings (SSSR count). The summed E-state index contributed by atoms with van der Waals surface area (Å²) in [4.78, 5) is 41.5. The summed E-state index contributed by atoms with van der Waals surface area (Å²) in [6.07, 6.45) is 3.86. The van der Waals surface area contributed by atoms with Gasteiger partial charge in [-0.05, 0) is 73.9 Å². The van der Waals surface area contributed by atoms with Gasteiger partial charge in [0, 0.05) is 30.4 Å². The Bertz CT molecular complexity index is 1200. The molecular weight excluding hydrogens is 466 g/mol. The first-order valence-corrected chi connectivity index (χ1v) is 12.3. The van der Waals surface area contributed by atoms with Gasteiger partial charge >= 0.3 is 0 Å². The summed E-state index contributed by atoms with van der Waals surface area (Å²) in [7, 11) is 3.17. The fourth-order valence-electron chi connectivity index (χ4n) is 4.16. The Kier molecular flexibility index (Phi) is 7.35. The van der Waals surface area contributed by atoms with Crippen molar-refractivity contribution in [2.45, 2.75) is 26.7 Å². The van der Waals surface area contributed by atoms with E-state index in [0.717, 1.165) is 59.4 Å². The second kappa shape index (κ2) is 10.4. The minimum Gasteiger partial charge on any atom is -0.496 e. The number of carbonyl (C=O) groups excluding carboxylic acids is 3. The first kappa shape index (κ1) is 24.7. The number of rotatable bonds is 7. The number of ether oxygens (including phenoxy) is 2. The number of thioether (sulfide) groups is 1. The first-order chi connectivity index (χ1) is 16.8. The van der Waals surface area contributed by atoms with Crippen molar-refractivity contribution in [3.05, 3.63) is 51.9 Å². The maximum atomic E-state index is 13.0. The van der Waals surface area contributed by atoms with Crippen LogP contribution in [0.15, 0.2) is 35.2 Å². The van der Waals surface area contributed by atoms with Crippen LogP contribution in [0.2, 0.25) is 0 Å². The molecule has 0 bridgehead atoms. The molecule has 2 aliphatic rings. The average molecular weight is 496 g/mol. The van der Waals surface area contributed by atoms with Gasteiger partial charge in [0.25, 0.3) is 11.1 Å². The summed E-state index contributed by atoms with van der Waals surface area (Å²) in [6, 6.07) is 9.26. The highest BCUT2D eigenvalue weighted by atomic mass is 32.2. The van der Waals surface area contributed by atoms with E-state index in [0.29, 0.717) is 22.7 Å². The summed E-state index contributed by atoms with van der Waals surface area (Å²) >= 11 is 0.803. The fraction of sp³-hybridized carbons (Fsp3) is 0.346. The molecule has 0 saturated carbocycles. The van der Waals surface area contributed by atoms with Crippen LogP contribution in [0.25, 0.3) is 6.08 Å². The predicted molar refractivity (Wildman–Crippen MR) is 138 cm³/mol. The van der Waals surface area contributed by atoms with Gasteiger partial charge in [0.05, 0.1) is 24.8 Å². The van der Waals surface area contributed by atoms with Gasteiger partial charge < -0.3 is 19.7 Å². The van der Waals surface area contributed by atoms with Gasteiger partial charge in [-0.1, -0.05) is 6.07 Å². The van der Waals surface area contributed by atoms with Crippen LogP contribution in [0, 0.1) is 13.8 Å². The lowest BCUT2D eigenvalue weighted by Gasteiger charge is -2.22. The van der Waals surface area contributed by atoms with Crippen molar-refractivity contribution in [3.8, 4) is 11.5 Å². The number of anilines is 2. The van der Waals surface area contributed by atoms with E-state index in [1.165, 1.54) is 0 Å². The van der Waals surface area contributed by atoms with Crippen molar-refractivity contribution >= 4 is 46.3 Å². The van der Waals surface area contributed by atoms with Gasteiger partial charge in [-0.15, -0.1) is 0 Å². The normalized spacial score (nSPS) is 16.9. The van der Waals surface area contributed by atoms with Gasteiger partial charge in [0.15, 0.2) is 0 Å². The number of carbonyl (C=O) groups is 3. The van der Waals surface area contributed by atoms with Gasteiger partial charge in [-0.2, -0.15) is 0 Å². The number of hydrogen-bond acceptors (Lipinski definition) is 7. The second-order valence-electron chi connectivity index (χ2n) is 8.58. The second-order valence-corrected chi connectivity index (χ2v) is 9.57. The predicted octanol–water partition coefficient (Wildman–Crippen LogP) is 4.60. The van der Waals surface area contributed by atoms with E-state index in [1.807, 2.05) is 38.1 Å². The van der Waals surface area contributed by atoms with E-state index in [-0.39, 0.29) is 11.4 Å². The molecule has 1 N–H and O–H groups in total. The Hall–Kier alpha value is -3.46. The van der Waals surface area contributed by atoms with Crippen LogP contribution in [0.1, 0.15) is 29.5 Å². The monoisotopic (exact) mass is 495 g/mol. The fourth-order valence-corrected chi connectivity index (χ4v) is 4.99. The van der Waals surface area contributed by atoms with Crippen molar-refractivity contribution in [1.82, 2.24) is 4.90 Å². The van der Waals surface area contributed by atoms with Crippen LogP contribution >= 0.6 is 11.8 Å². The molecule has 9 heteroatoms.